The van der Waals surface area contributed by atoms with Crippen molar-refractivity contribution >= 4 is 11.3 Å². The molecule has 1 aliphatic heterocycles. The number of nitrogens with zero attached hydrogens (tertiary/aromatic N) is 3. The van der Waals surface area contributed by atoms with Crippen LogP contribution in [0.4, 0.5) is 0 Å². The van der Waals surface area contributed by atoms with E-state index in [9.17, 15) is 0 Å². The highest BCUT2D eigenvalue weighted by Gasteiger charge is 2.34. The van der Waals surface area contributed by atoms with E-state index in [4.69, 9.17) is 13.9 Å². The number of thiophene rings is 1. The van der Waals surface area contributed by atoms with E-state index < -0.39 is 0 Å². The molecule has 1 saturated heterocycles. The summed E-state index contributed by atoms with van der Waals surface area (Å²) in [5, 5.41) is 10.6. The van der Waals surface area contributed by atoms with Crippen LogP contribution in [-0.2, 0) is 0 Å². The van der Waals surface area contributed by atoms with Crippen molar-refractivity contribution in [2.24, 2.45) is 0 Å². The normalized spacial score (nSPS) is 18.6. The molecular weight excluding hydrogens is 362 g/mol. The van der Waals surface area contributed by atoms with Gasteiger partial charge in [0.15, 0.2) is 0 Å². The van der Waals surface area contributed by atoms with Gasteiger partial charge in [0.2, 0.25) is 5.89 Å². The number of hydrogen-bond acceptors (Lipinski definition) is 7. The van der Waals surface area contributed by atoms with Crippen molar-refractivity contribution in [3.63, 3.8) is 0 Å². The van der Waals surface area contributed by atoms with Gasteiger partial charge in [-0.1, -0.05) is 12.1 Å². The van der Waals surface area contributed by atoms with Gasteiger partial charge >= 0.3 is 0 Å². The fourth-order valence-electron chi connectivity index (χ4n) is 3.73. The van der Waals surface area contributed by atoms with Gasteiger partial charge in [-0.05, 0) is 43.8 Å². The van der Waals surface area contributed by atoms with Crippen LogP contribution in [0.25, 0.3) is 10.8 Å². The van der Waals surface area contributed by atoms with Crippen molar-refractivity contribution in [3.05, 3.63) is 47.2 Å². The Morgan fingerprint density at radius 3 is 2.85 bits per heavy atom. The van der Waals surface area contributed by atoms with E-state index in [-0.39, 0.29) is 12.1 Å². The fourth-order valence-corrected chi connectivity index (χ4v) is 4.37. The van der Waals surface area contributed by atoms with Gasteiger partial charge in [0.25, 0.3) is 5.89 Å². The Morgan fingerprint density at radius 1 is 1.22 bits per heavy atom. The molecule has 0 N–H and O–H groups in total. The minimum atomic E-state index is 0.0329. The van der Waals surface area contributed by atoms with E-state index in [0.29, 0.717) is 11.8 Å². The molecule has 7 heteroatoms. The Bertz CT molecular complexity index is 894. The third kappa shape index (κ3) is 3.44. The third-order valence-corrected chi connectivity index (χ3v) is 5.98. The summed E-state index contributed by atoms with van der Waals surface area (Å²) in [5.41, 5.74) is 1.17. The second kappa shape index (κ2) is 7.70. The third-order valence-electron chi connectivity index (χ3n) is 5.12. The predicted molar refractivity (Wildman–Crippen MR) is 104 cm³/mol. The highest BCUT2D eigenvalue weighted by Crippen LogP contribution is 2.42. The van der Waals surface area contributed by atoms with Crippen molar-refractivity contribution in [2.75, 3.05) is 20.8 Å². The molecule has 0 saturated carbocycles. The zero-order chi connectivity index (χ0) is 18.8. The van der Waals surface area contributed by atoms with E-state index >= 15 is 0 Å². The molecule has 0 radical (unpaired) electrons. The minimum absolute atomic E-state index is 0.0329. The summed E-state index contributed by atoms with van der Waals surface area (Å²) in [6, 6.07) is 10.3. The van der Waals surface area contributed by atoms with Gasteiger partial charge in [0, 0.05) is 17.7 Å². The quantitative estimate of drug-likeness (QED) is 0.612. The molecule has 0 spiro atoms. The average molecular weight is 385 g/mol. The summed E-state index contributed by atoms with van der Waals surface area (Å²) >= 11 is 1.60. The highest BCUT2D eigenvalue weighted by molar-refractivity contribution is 7.13. The molecule has 1 aromatic carbocycles. The SMILES string of the molecule is COc1ccc([C@@H]2CCCN2[C@H](C)c2nnc(-c3cccs3)o2)c(OC)c1. The Hall–Kier alpha value is -2.38. The molecule has 3 heterocycles. The van der Waals surface area contributed by atoms with Crippen LogP contribution in [0.1, 0.15) is 43.3 Å². The number of likely N-dealkylation sites (tertiary alicyclic amines) is 1. The van der Waals surface area contributed by atoms with Crippen molar-refractivity contribution in [1.82, 2.24) is 15.1 Å². The van der Waals surface area contributed by atoms with E-state index in [1.807, 2.05) is 29.6 Å². The summed E-state index contributed by atoms with van der Waals surface area (Å²) < 4.78 is 16.9. The molecule has 27 heavy (non-hydrogen) atoms. The van der Waals surface area contributed by atoms with Gasteiger partial charge in [-0.2, -0.15) is 0 Å². The topological polar surface area (TPSA) is 60.6 Å². The van der Waals surface area contributed by atoms with E-state index in [1.165, 1.54) is 5.56 Å². The number of methoxy groups -OCH3 is 2. The second-order valence-corrected chi connectivity index (χ2v) is 7.55. The van der Waals surface area contributed by atoms with Crippen LogP contribution in [0, 0.1) is 0 Å². The standard InChI is InChI=1S/C20H23N3O3S/c1-13(19-21-22-20(26-19)18-7-5-11-27-18)23-10-4-6-16(23)15-9-8-14(24-2)12-17(15)25-3/h5,7-9,11-13,16H,4,6,10H2,1-3H3/t13-,16+/m1/s1. The molecular formula is C20H23N3O3S. The monoisotopic (exact) mass is 385 g/mol. The molecule has 6 nitrogen and oxygen atoms in total. The van der Waals surface area contributed by atoms with Crippen LogP contribution in [0.5, 0.6) is 11.5 Å². The molecule has 3 aromatic rings. The first kappa shape index (κ1) is 18.0. The second-order valence-electron chi connectivity index (χ2n) is 6.60. The largest absolute Gasteiger partial charge is 0.497 e. The maximum absolute atomic E-state index is 5.97. The maximum atomic E-state index is 5.97. The predicted octanol–water partition coefficient (Wildman–Crippen LogP) is 4.71. The van der Waals surface area contributed by atoms with Crippen LogP contribution in [0.3, 0.4) is 0 Å². The van der Waals surface area contributed by atoms with Gasteiger partial charge in [-0.3, -0.25) is 4.90 Å². The van der Waals surface area contributed by atoms with Gasteiger partial charge < -0.3 is 13.9 Å². The van der Waals surface area contributed by atoms with E-state index in [0.717, 1.165) is 35.8 Å². The van der Waals surface area contributed by atoms with Gasteiger partial charge in [-0.25, -0.2) is 0 Å². The number of hydrogen-bond donors (Lipinski definition) is 0. The number of benzene rings is 1. The lowest BCUT2D eigenvalue weighted by atomic mass is 10.0. The summed E-state index contributed by atoms with van der Waals surface area (Å²) in [6.07, 6.45) is 2.19. The first-order valence-electron chi connectivity index (χ1n) is 9.06. The van der Waals surface area contributed by atoms with Crippen LogP contribution in [0.2, 0.25) is 0 Å². The maximum Gasteiger partial charge on any atom is 0.257 e. The molecule has 2 aromatic heterocycles. The minimum Gasteiger partial charge on any atom is -0.497 e. The lowest BCUT2D eigenvalue weighted by Gasteiger charge is -2.29. The van der Waals surface area contributed by atoms with Crippen molar-refractivity contribution < 1.29 is 13.9 Å². The zero-order valence-electron chi connectivity index (χ0n) is 15.7. The van der Waals surface area contributed by atoms with Gasteiger partial charge in [-0.15, -0.1) is 21.5 Å². The molecule has 1 fully saturated rings. The van der Waals surface area contributed by atoms with Crippen LogP contribution >= 0.6 is 11.3 Å². The summed E-state index contributed by atoms with van der Waals surface area (Å²) in [6.45, 7) is 3.11. The molecule has 2 atom stereocenters. The molecule has 0 aliphatic carbocycles. The molecule has 4 rings (SSSR count). The number of ether oxygens (including phenoxy) is 2. The highest BCUT2D eigenvalue weighted by atomic mass is 32.1. The van der Waals surface area contributed by atoms with E-state index in [2.05, 4.69) is 28.1 Å². The summed E-state index contributed by atoms with van der Waals surface area (Å²) in [7, 11) is 3.37. The first-order valence-corrected chi connectivity index (χ1v) is 9.94. The van der Waals surface area contributed by atoms with Crippen LogP contribution in [-0.4, -0.2) is 35.9 Å². The Kier molecular flexibility index (Phi) is 5.13. The van der Waals surface area contributed by atoms with Crippen LogP contribution < -0.4 is 9.47 Å². The summed E-state index contributed by atoms with van der Waals surface area (Å²) in [4.78, 5) is 3.41. The van der Waals surface area contributed by atoms with Crippen LogP contribution in [0.15, 0.2) is 40.1 Å². The molecule has 0 bridgehead atoms. The van der Waals surface area contributed by atoms with E-state index in [1.54, 1.807) is 25.6 Å². The van der Waals surface area contributed by atoms with Gasteiger partial charge in [0.1, 0.15) is 11.5 Å². The summed E-state index contributed by atoms with van der Waals surface area (Å²) in [5.74, 6) is 2.89. The smallest absolute Gasteiger partial charge is 0.257 e. The lowest BCUT2D eigenvalue weighted by molar-refractivity contribution is 0.166. The molecule has 142 valence electrons. The Morgan fingerprint density at radius 2 is 2.11 bits per heavy atom. The number of aromatic nitrogens is 2. The fraction of sp³-hybridized carbons (Fsp3) is 0.400. The Balaban J connectivity index is 1.60. The van der Waals surface area contributed by atoms with Crippen molar-refractivity contribution in [1.29, 1.82) is 0 Å². The lowest BCUT2D eigenvalue weighted by Crippen LogP contribution is -2.27. The molecule has 0 unspecified atom stereocenters. The molecule has 1 aliphatic rings. The Labute approximate surface area is 162 Å². The first-order chi connectivity index (χ1) is 13.2. The average Bonchev–Trinajstić information content (AvgIpc) is 3.47. The number of rotatable bonds is 6. The van der Waals surface area contributed by atoms with Gasteiger partial charge in [0.05, 0.1) is 25.1 Å². The molecule has 0 amide bonds. The van der Waals surface area contributed by atoms with Crippen molar-refractivity contribution in [2.45, 2.75) is 31.8 Å². The van der Waals surface area contributed by atoms with Crippen molar-refractivity contribution in [3.8, 4) is 22.3 Å². The zero-order valence-corrected chi connectivity index (χ0v) is 16.5.